The van der Waals surface area contributed by atoms with Gasteiger partial charge < -0.3 is 10.6 Å². The molecular weight excluding hydrogens is 242 g/mol. The SMILES string of the molecule is CCNCCCNC(=O)c1ccc([N+](=O)[O-])s1. The van der Waals surface area contributed by atoms with Gasteiger partial charge in [0.1, 0.15) is 0 Å². The number of hydrogen-bond donors (Lipinski definition) is 2. The molecule has 1 aromatic heterocycles. The van der Waals surface area contributed by atoms with Crippen molar-refractivity contribution < 1.29 is 9.72 Å². The second-order valence-corrected chi connectivity index (χ2v) is 4.42. The third kappa shape index (κ3) is 4.49. The Morgan fingerprint density at radius 1 is 1.47 bits per heavy atom. The first-order chi connectivity index (χ1) is 8.15. The number of carbonyl (C=O) groups excluding carboxylic acids is 1. The maximum Gasteiger partial charge on any atom is 0.324 e. The van der Waals surface area contributed by atoms with Gasteiger partial charge in [-0.15, -0.1) is 0 Å². The number of nitrogens with one attached hydrogen (secondary N) is 2. The lowest BCUT2D eigenvalue weighted by Gasteiger charge is -2.03. The Bertz CT molecular complexity index is 392. The Morgan fingerprint density at radius 3 is 2.82 bits per heavy atom. The fraction of sp³-hybridized carbons (Fsp3) is 0.500. The number of carbonyl (C=O) groups is 1. The molecule has 0 fully saturated rings. The summed E-state index contributed by atoms with van der Waals surface area (Å²) in [6.45, 7) is 4.34. The van der Waals surface area contributed by atoms with Gasteiger partial charge in [0.2, 0.25) is 0 Å². The molecule has 1 amide bonds. The van der Waals surface area contributed by atoms with Crippen LogP contribution in [-0.2, 0) is 0 Å². The predicted octanol–water partition coefficient (Wildman–Crippen LogP) is 1.39. The van der Waals surface area contributed by atoms with Crippen LogP contribution >= 0.6 is 11.3 Å². The molecule has 1 rings (SSSR count). The number of rotatable bonds is 7. The standard InChI is InChI=1S/C10H15N3O3S/c1-2-11-6-3-7-12-10(14)8-4-5-9(17-8)13(15)16/h4-5,11H,2-3,6-7H2,1H3,(H,12,14). The zero-order valence-electron chi connectivity index (χ0n) is 9.56. The second kappa shape index (κ2) is 6.97. The largest absolute Gasteiger partial charge is 0.351 e. The Labute approximate surface area is 103 Å². The van der Waals surface area contributed by atoms with E-state index in [1.807, 2.05) is 6.92 Å². The lowest BCUT2D eigenvalue weighted by atomic mass is 10.4. The third-order valence-corrected chi connectivity index (χ3v) is 3.10. The van der Waals surface area contributed by atoms with Crippen molar-refractivity contribution in [3.8, 4) is 0 Å². The van der Waals surface area contributed by atoms with Gasteiger partial charge in [-0.25, -0.2) is 0 Å². The number of nitro groups is 1. The molecule has 0 spiro atoms. The van der Waals surface area contributed by atoms with Crippen molar-refractivity contribution in [3.05, 3.63) is 27.1 Å². The normalized spacial score (nSPS) is 10.2. The molecule has 0 saturated carbocycles. The molecular formula is C10H15N3O3S. The summed E-state index contributed by atoms with van der Waals surface area (Å²) in [6, 6.07) is 2.82. The van der Waals surface area contributed by atoms with Gasteiger partial charge in [0.15, 0.2) is 0 Å². The van der Waals surface area contributed by atoms with Gasteiger partial charge in [-0.05, 0) is 25.6 Å². The number of hydrogen-bond acceptors (Lipinski definition) is 5. The van der Waals surface area contributed by atoms with E-state index >= 15 is 0 Å². The number of thiophene rings is 1. The minimum atomic E-state index is -0.493. The molecule has 17 heavy (non-hydrogen) atoms. The van der Waals surface area contributed by atoms with E-state index in [9.17, 15) is 14.9 Å². The van der Waals surface area contributed by atoms with Crippen molar-refractivity contribution in [1.82, 2.24) is 10.6 Å². The van der Waals surface area contributed by atoms with Crippen LogP contribution in [0.4, 0.5) is 5.00 Å². The van der Waals surface area contributed by atoms with Gasteiger partial charge in [0.05, 0.1) is 9.80 Å². The molecule has 0 unspecified atom stereocenters. The van der Waals surface area contributed by atoms with E-state index in [2.05, 4.69) is 10.6 Å². The zero-order valence-corrected chi connectivity index (χ0v) is 10.4. The summed E-state index contributed by atoms with van der Waals surface area (Å²) in [5.41, 5.74) is 0. The van der Waals surface area contributed by atoms with Crippen molar-refractivity contribution in [2.24, 2.45) is 0 Å². The van der Waals surface area contributed by atoms with E-state index in [0.717, 1.165) is 30.8 Å². The summed E-state index contributed by atoms with van der Waals surface area (Å²) in [4.78, 5) is 21.9. The van der Waals surface area contributed by atoms with Crippen molar-refractivity contribution in [3.63, 3.8) is 0 Å². The fourth-order valence-electron chi connectivity index (χ4n) is 1.23. The highest BCUT2D eigenvalue weighted by Crippen LogP contribution is 2.23. The summed E-state index contributed by atoms with van der Waals surface area (Å²) in [6.07, 6.45) is 0.840. The van der Waals surface area contributed by atoms with Crippen LogP contribution in [0, 0.1) is 10.1 Å². The van der Waals surface area contributed by atoms with E-state index < -0.39 is 4.92 Å². The van der Waals surface area contributed by atoms with E-state index in [1.54, 1.807) is 0 Å². The van der Waals surface area contributed by atoms with Crippen molar-refractivity contribution in [1.29, 1.82) is 0 Å². The van der Waals surface area contributed by atoms with Gasteiger partial charge >= 0.3 is 5.00 Å². The van der Waals surface area contributed by atoms with Gasteiger partial charge in [-0.2, -0.15) is 0 Å². The van der Waals surface area contributed by atoms with Crippen LogP contribution in [0.25, 0.3) is 0 Å². The molecule has 0 atom stereocenters. The number of nitrogens with zero attached hydrogens (tertiary/aromatic N) is 1. The van der Waals surface area contributed by atoms with Crippen LogP contribution in [0.2, 0.25) is 0 Å². The van der Waals surface area contributed by atoms with E-state index in [0.29, 0.717) is 11.4 Å². The van der Waals surface area contributed by atoms with Gasteiger partial charge in [-0.1, -0.05) is 18.3 Å². The lowest BCUT2D eigenvalue weighted by molar-refractivity contribution is -0.380. The summed E-state index contributed by atoms with van der Waals surface area (Å²) >= 11 is 0.891. The fourth-order valence-corrected chi connectivity index (χ4v) is 1.96. The monoisotopic (exact) mass is 257 g/mol. The van der Waals surface area contributed by atoms with E-state index in [4.69, 9.17) is 0 Å². The lowest BCUT2D eigenvalue weighted by Crippen LogP contribution is -2.26. The summed E-state index contributed by atoms with van der Waals surface area (Å²) in [7, 11) is 0. The average Bonchev–Trinajstić information content (AvgIpc) is 2.78. The van der Waals surface area contributed by atoms with Crippen LogP contribution in [-0.4, -0.2) is 30.5 Å². The van der Waals surface area contributed by atoms with Crippen LogP contribution in [0.5, 0.6) is 0 Å². The molecule has 1 heterocycles. The molecule has 94 valence electrons. The first kappa shape index (κ1) is 13.6. The highest BCUT2D eigenvalue weighted by molar-refractivity contribution is 7.17. The first-order valence-corrected chi connectivity index (χ1v) is 6.20. The van der Waals surface area contributed by atoms with Crippen molar-refractivity contribution in [2.45, 2.75) is 13.3 Å². The van der Waals surface area contributed by atoms with E-state index in [-0.39, 0.29) is 10.9 Å². The molecule has 0 saturated heterocycles. The Balaban J connectivity index is 2.34. The van der Waals surface area contributed by atoms with Crippen molar-refractivity contribution >= 4 is 22.2 Å². The van der Waals surface area contributed by atoms with E-state index in [1.165, 1.54) is 12.1 Å². The molecule has 0 aliphatic carbocycles. The maximum absolute atomic E-state index is 11.6. The Hall–Kier alpha value is -1.47. The van der Waals surface area contributed by atoms with Gasteiger partial charge in [0.25, 0.3) is 5.91 Å². The minimum Gasteiger partial charge on any atom is -0.351 e. The first-order valence-electron chi connectivity index (χ1n) is 5.38. The smallest absolute Gasteiger partial charge is 0.324 e. The average molecular weight is 257 g/mol. The summed E-state index contributed by atoms with van der Waals surface area (Å²) < 4.78 is 0. The molecule has 7 heteroatoms. The van der Waals surface area contributed by atoms with Gasteiger partial charge in [-0.3, -0.25) is 14.9 Å². The maximum atomic E-state index is 11.6. The van der Waals surface area contributed by atoms with Crippen LogP contribution in [0.15, 0.2) is 12.1 Å². The topological polar surface area (TPSA) is 84.3 Å². The highest BCUT2D eigenvalue weighted by Gasteiger charge is 2.14. The molecule has 0 aromatic carbocycles. The second-order valence-electron chi connectivity index (χ2n) is 3.36. The van der Waals surface area contributed by atoms with Gasteiger partial charge in [0, 0.05) is 12.6 Å². The minimum absolute atomic E-state index is 0.0113. The summed E-state index contributed by atoms with van der Waals surface area (Å²) in [5, 5.41) is 16.3. The Kier molecular flexibility index (Phi) is 5.58. The molecule has 0 radical (unpaired) electrons. The van der Waals surface area contributed by atoms with Crippen LogP contribution < -0.4 is 10.6 Å². The molecule has 2 N–H and O–H groups in total. The van der Waals surface area contributed by atoms with Crippen molar-refractivity contribution in [2.75, 3.05) is 19.6 Å². The van der Waals surface area contributed by atoms with Crippen LogP contribution in [0.1, 0.15) is 23.0 Å². The predicted molar refractivity (Wildman–Crippen MR) is 66.5 cm³/mol. The Morgan fingerprint density at radius 2 is 2.24 bits per heavy atom. The molecule has 0 bridgehead atoms. The highest BCUT2D eigenvalue weighted by atomic mass is 32.1. The quantitative estimate of drug-likeness (QED) is 0.439. The molecule has 6 nitrogen and oxygen atoms in total. The zero-order chi connectivity index (χ0) is 12.7. The summed E-state index contributed by atoms with van der Waals surface area (Å²) in [5.74, 6) is -0.250. The molecule has 1 aromatic rings. The third-order valence-electron chi connectivity index (χ3n) is 2.06. The molecule has 0 aliphatic heterocycles. The number of amides is 1. The molecule has 0 aliphatic rings. The van der Waals surface area contributed by atoms with Crippen LogP contribution in [0.3, 0.4) is 0 Å².